The molecule has 5 heteroatoms. The van der Waals surface area contributed by atoms with E-state index in [4.69, 9.17) is 4.74 Å². The minimum atomic E-state index is 0.106. The van der Waals surface area contributed by atoms with E-state index >= 15 is 0 Å². The Morgan fingerprint density at radius 3 is 2.69 bits per heavy atom. The van der Waals surface area contributed by atoms with Gasteiger partial charge in [-0.1, -0.05) is 37.3 Å². The second-order valence-electron chi connectivity index (χ2n) is 6.61. The first-order chi connectivity index (χ1) is 12.6. The Morgan fingerprint density at radius 2 is 2.00 bits per heavy atom. The zero-order valence-electron chi connectivity index (χ0n) is 16.1. The second-order valence-corrected chi connectivity index (χ2v) is 6.61. The number of rotatable bonds is 11. The summed E-state index contributed by atoms with van der Waals surface area (Å²) in [6, 6.07) is 14.8. The van der Waals surface area contributed by atoms with Crippen LogP contribution in [0.4, 0.5) is 0 Å². The van der Waals surface area contributed by atoms with Gasteiger partial charge in [0.15, 0.2) is 0 Å². The van der Waals surface area contributed by atoms with Gasteiger partial charge in [0.25, 0.3) is 0 Å². The topological polar surface area (TPSA) is 46.5 Å². The number of carbonyl (C=O) groups excluding carboxylic acids is 1. The quantitative estimate of drug-likeness (QED) is 0.673. The number of benzene rings is 1. The number of hydrogen-bond acceptors (Lipinski definition) is 3. The van der Waals surface area contributed by atoms with Crippen LogP contribution in [0.25, 0.3) is 0 Å². The molecule has 0 saturated carbocycles. The van der Waals surface area contributed by atoms with E-state index in [1.807, 2.05) is 29.2 Å². The molecule has 0 spiro atoms. The third kappa shape index (κ3) is 6.32. The number of methoxy groups -OCH3 is 1. The number of amides is 1. The lowest BCUT2D eigenvalue weighted by molar-refractivity contribution is -0.131. The lowest BCUT2D eigenvalue weighted by Gasteiger charge is -2.24. The number of hydrogen-bond donors (Lipinski definition) is 1. The van der Waals surface area contributed by atoms with Gasteiger partial charge in [0.05, 0.1) is 19.7 Å². The number of nitrogens with zero attached hydrogens (tertiary/aromatic N) is 2. The molecule has 0 saturated heterocycles. The summed E-state index contributed by atoms with van der Waals surface area (Å²) in [5.41, 5.74) is 2.38. The van der Waals surface area contributed by atoms with Crippen LogP contribution in [0.3, 0.4) is 0 Å². The van der Waals surface area contributed by atoms with Crippen LogP contribution in [-0.4, -0.2) is 48.2 Å². The van der Waals surface area contributed by atoms with Crippen molar-refractivity contribution in [3.05, 3.63) is 59.9 Å². The molecular weight excluding hydrogens is 326 g/mol. The van der Waals surface area contributed by atoms with E-state index in [1.165, 1.54) is 5.56 Å². The summed E-state index contributed by atoms with van der Waals surface area (Å²) in [6.07, 6.45) is 3.07. The second kappa shape index (κ2) is 10.8. The molecule has 1 N–H and O–H groups in total. The molecule has 0 bridgehead atoms. The van der Waals surface area contributed by atoms with Crippen molar-refractivity contribution in [1.82, 2.24) is 14.8 Å². The monoisotopic (exact) mass is 357 g/mol. The molecule has 0 fully saturated rings. The van der Waals surface area contributed by atoms with Gasteiger partial charge in [-0.05, 0) is 31.0 Å². The molecule has 1 aromatic carbocycles. The fourth-order valence-corrected chi connectivity index (χ4v) is 2.73. The Labute approximate surface area is 157 Å². The highest BCUT2D eigenvalue weighted by molar-refractivity contribution is 5.78. The third-order valence-electron chi connectivity index (χ3n) is 4.60. The van der Waals surface area contributed by atoms with Crippen molar-refractivity contribution in [1.29, 1.82) is 0 Å². The van der Waals surface area contributed by atoms with Gasteiger partial charge in [0.1, 0.15) is 0 Å². The lowest BCUT2D eigenvalue weighted by atomic mass is 10.2. The summed E-state index contributed by atoms with van der Waals surface area (Å²) in [5.74, 6) is 0.106. The van der Waals surface area contributed by atoms with Gasteiger partial charge < -0.3 is 19.5 Å². The fraction of sp³-hybridized carbons (Fsp3) is 0.476. The Hall–Kier alpha value is -2.11. The van der Waals surface area contributed by atoms with E-state index in [2.05, 4.69) is 48.1 Å². The summed E-state index contributed by atoms with van der Waals surface area (Å²) in [4.78, 5) is 14.5. The van der Waals surface area contributed by atoms with Gasteiger partial charge >= 0.3 is 0 Å². The van der Waals surface area contributed by atoms with Crippen LogP contribution in [0.5, 0.6) is 0 Å². The van der Waals surface area contributed by atoms with Crippen molar-refractivity contribution in [3.63, 3.8) is 0 Å². The number of nitrogens with one attached hydrogen (secondary N) is 1. The van der Waals surface area contributed by atoms with E-state index in [9.17, 15) is 4.79 Å². The molecule has 1 aromatic heterocycles. The summed E-state index contributed by atoms with van der Waals surface area (Å²) in [7, 11) is 1.66. The largest absolute Gasteiger partial charge is 0.383 e. The molecule has 1 amide bonds. The summed E-state index contributed by atoms with van der Waals surface area (Å²) in [6.45, 7) is 7.09. The highest BCUT2D eigenvalue weighted by atomic mass is 16.5. The van der Waals surface area contributed by atoms with E-state index in [0.29, 0.717) is 32.3 Å². The minimum Gasteiger partial charge on any atom is -0.383 e. The molecule has 5 nitrogen and oxygen atoms in total. The van der Waals surface area contributed by atoms with Gasteiger partial charge in [0.2, 0.25) is 5.91 Å². The van der Waals surface area contributed by atoms with Gasteiger partial charge in [-0.25, -0.2) is 0 Å². The van der Waals surface area contributed by atoms with Crippen LogP contribution in [0, 0.1) is 0 Å². The molecule has 1 unspecified atom stereocenters. The predicted molar refractivity (Wildman–Crippen MR) is 105 cm³/mol. The molecule has 2 aromatic rings. The standard InChI is InChI=1S/C21H31N3O2/c1-4-18(2)22-15-21(25)24(13-14-26-3)17-20-11-8-12-23(20)16-19-9-6-5-7-10-19/h5-12,18,22H,4,13-17H2,1-3H3. The molecule has 26 heavy (non-hydrogen) atoms. The van der Waals surface area contributed by atoms with Crippen LogP contribution in [0.15, 0.2) is 48.7 Å². The van der Waals surface area contributed by atoms with Crippen molar-refractivity contribution in [2.24, 2.45) is 0 Å². The fourth-order valence-electron chi connectivity index (χ4n) is 2.73. The smallest absolute Gasteiger partial charge is 0.236 e. The normalized spacial score (nSPS) is 12.1. The van der Waals surface area contributed by atoms with Crippen molar-refractivity contribution >= 4 is 5.91 Å². The van der Waals surface area contributed by atoms with E-state index in [1.54, 1.807) is 7.11 Å². The highest BCUT2D eigenvalue weighted by Gasteiger charge is 2.16. The summed E-state index contributed by atoms with van der Waals surface area (Å²) < 4.78 is 7.39. The van der Waals surface area contributed by atoms with Crippen LogP contribution in [0.2, 0.25) is 0 Å². The Morgan fingerprint density at radius 1 is 1.23 bits per heavy atom. The third-order valence-corrected chi connectivity index (χ3v) is 4.60. The summed E-state index contributed by atoms with van der Waals surface area (Å²) >= 11 is 0. The summed E-state index contributed by atoms with van der Waals surface area (Å²) in [5, 5.41) is 3.28. The average molecular weight is 357 g/mol. The number of ether oxygens (including phenoxy) is 1. The molecule has 0 aliphatic carbocycles. The average Bonchev–Trinajstić information content (AvgIpc) is 3.10. The van der Waals surface area contributed by atoms with Crippen molar-refractivity contribution < 1.29 is 9.53 Å². The first-order valence-corrected chi connectivity index (χ1v) is 9.32. The molecule has 1 heterocycles. The van der Waals surface area contributed by atoms with Crippen molar-refractivity contribution in [2.45, 2.75) is 39.4 Å². The molecule has 2 rings (SSSR count). The first-order valence-electron chi connectivity index (χ1n) is 9.32. The zero-order valence-corrected chi connectivity index (χ0v) is 16.1. The Balaban J connectivity index is 2.03. The molecular formula is C21H31N3O2. The molecule has 0 radical (unpaired) electrons. The van der Waals surface area contributed by atoms with Gasteiger partial charge in [-0.2, -0.15) is 0 Å². The maximum absolute atomic E-state index is 12.7. The molecule has 0 aliphatic heterocycles. The predicted octanol–water partition coefficient (Wildman–Crippen LogP) is 2.90. The van der Waals surface area contributed by atoms with Crippen LogP contribution >= 0.6 is 0 Å². The maximum Gasteiger partial charge on any atom is 0.236 e. The van der Waals surface area contributed by atoms with E-state index in [-0.39, 0.29) is 5.91 Å². The van der Waals surface area contributed by atoms with Gasteiger partial charge in [0, 0.05) is 38.1 Å². The first kappa shape index (κ1) is 20.2. The number of carbonyl (C=O) groups is 1. The molecule has 142 valence electrons. The van der Waals surface area contributed by atoms with Crippen molar-refractivity contribution in [3.8, 4) is 0 Å². The van der Waals surface area contributed by atoms with Crippen molar-refractivity contribution in [2.75, 3.05) is 26.8 Å². The van der Waals surface area contributed by atoms with Gasteiger partial charge in [-0.3, -0.25) is 4.79 Å². The van der Waals surface area contributed by atoms with Crippen LogP contribution in [0.1, 0.15) is 31.5 Å². The van der Waals surface area contributed by atoms with E-state index in [0.717, 1.165) is 18.7 Å². The van der Waals surface area contributed by atoms with E-state index < -0.39 is 0 Å². The van der Waals surface area contributed by atoms with Crippen LogP contribution < -0.4 is 5.32 Å². The molecule has 1 atom stereocenters. The SMILES string of the molecule is CCC(C)NCC(=O)N(CCOC)Cc1cccn1Cc1ccccc1. The van der Waals surface area contributed by atoms with Gasteiger partial charge in [-0.15, -0.1) is 0 Å². The minimum absolute atomic E-state index is 0.106. The van der Waals surface area contributed by atoms with Crippen LogP contribution in [-0.2, 0) is 22.6 Å². The Bertz CT molecular complexity index is 654. The number of aromatic nitrogens is 1. The highest BCUT2D eigenvalue weighted by Crippen LogP contribution is 2.11. The lowest BCUT2D eigenvalue weighted by Crippen LogP contribution is -2.42. The zero-order chi connectivity index (χ0) is 18.8. The maximum atomic E-state index is 12.7. The molecule has 0 aliphatic rings. The Kier molecular flexibility index (Phi) is 8.38.